The van der Waals surface area contributed by atoms with Crippen LogP contribution in [0, 0.1) is 0 Å². The Morgan fingerprint density at radius 2 is 1.54 bits per heavy atom. The Labute approximate surface area is 310 Å². The van der Waals surface area contributed by atoms with Crippen LogP contribution in [0.2, 0.25) is 0 Å². The van der Waals surface area contributed by atoms with E-state index < -0.39 is 97.0 Å². The summed E-state index contributed by atoms with van der Waals surface area (Å²) >= 11 is 0. The van der Waals surface area contributed by atoms with Gasteiger partial charge in [0.05, 0.1) is 26.0 Å². The summed E-state index contributed by atoms with van der Waals surface area (Å²) in [6, 6.07) is 3.70. The summed E-state index contributed by atoms with van der Waals surface area (Å²) in [5.74, 6) is -6.23. The van der Waals surface area contributed by atoms with Crippen molar-refractivity contribution in [1.29, 1.82) is 0 Å². The van der Waals surface area contributed by atoms with E-state index >= 15 is 0 Å². The van der Waals surface area contributed by atoms with Gasteiger partial charge in [0, 0.05) is 44.6 Å². The molecule has 292 valence electrons. The third kappa shape index (κ3) is 15.5. The van der Waals surface area contributed by atoms with Gasteiger partial charge in [-0.15, -0.1) is 0 Å². The third-order valence-electron chi connectivity index (χ3n) is 8.09. The molecule has 0 aliphatic carbocycles. The van der Waals surface area contributed by atoms with Gasteiger partial charge in [0.1, 0.15) is 24.2 Å². The lowest BCUT2D eigenvalue weighted by Crippen LogP contribution is -2.58. The first kappa shape index (κ1) is 42.1. The van der Waals surface area contributed by atoms with Gasteiger partial charge in [-0.3, -0.25) is 43.2 Å². The van der Waals surface area contributed by atoms with Crippen LogP contribution < -0.4 is 48.3 Å². The molecule has 0 unspecified atom stereocenters. The molecule has 1 saturated heterocycles. The molecule has 1 aliphatic heterocycles. The predicted molar refractivity (Wildman–Crippen MR) is 190 cm³/mol. The number of carbonyl (C=O) groups excluding carboxylic acids is 9. The number of nitrogens with zero attached hydrogens (tertiary/aromatic N) is 1. The Hall–Kier alpha value is -6.34. The number of nitrogens with two attached hydrogens (primary N) is 1. The van der Waals surface area contributed by atoms with Gasteiger partial charge >= 0.3 is 0 Å². The second kappa shape index (κ2) is 21.9. The minimum Gasteiger partial charge on any atom is -0.368 e. The molecular weight excluding hydrogens is 706 g/mol. The molecule has 1 fully saturated rings. The molecule has 11 N–H and O–H groups in total. The Kier molecular flexibility index (Phi) is 17.1. The highest BCUT2D eigenvalue weighted by atomic mass is 16.2. The number of H-pyrrole nitrogens is 1. The van der Waals surface area contributed by atoms with Crippen molar-refractivity contribution < 1.29 is 43.2 Å². The van der Waals surface area contributed by atoms with Gasteiger partial charge in [-0.25, -0.2) is 4.98 Å². The van der Waals surface area contributed by atoms with E-state index in [0.29, 0.717) is 24.1 Å². The van der Waals surface area contributed by atoms with Crippen molar-refractivity contribution in [3.05, 3.63) is 54.1 Å². The summed E-state index contributed by atoms with van der Waals surface area (Å²) in [4.78, 5) is 122. The average Bonchev–Trinajstić information content (AvgIpc) is 3.65. The number of imidazole rings is 1. The molecule has 2 aromatic rings. The average molecular weight is 754 g/mol. The van der Waals surface area contributed by atoms with Crippen LogP contribution in [0.3, 0.4) is 0 Å². The lowest BCUT2D eigenvalue weighted by molar-refractivity contribution is -0.134. The zero-order valence-corrected chi connectivity index (χ0v) is 29.8. The molecule has 1 aromatic heterocycles. The van der Waals surface area contributed by atoms with E-state index in [4.69, 9.17) is 5.73 Å². The Morgan fingerprint density at radius 3 is 2.22 bits per heavy atom. The van der Waals surface area contributed by atoms with E-state index in [1.807, 2.05) is 0 Å². The van der Waals surface area contributed by atoms with Crippen LogP contribution in [-0.4, -0.2) is 113 Å². The summed E-state index contributed by atoms with van der Waals surface area (Å²) in [5, 5.41) is 20.2. The van der Waals surface area contributed by atoms with Crippen molar-refractivity contribution in [1.82, 2.24) is 52.5 Å². The molecule has 3 rings (SSSR count). The largest absolute Gasteiger partial charge is 0.368 e. The van der Waals surface area contributed by atoms with Crippen molar-refractivity contribution in [2.75, 3.05) is 26.2 Å². The number of nitrogens with one attached hydrogen (secondary N) is 9. The maximum absolute atomic E-state index is 13.9. The fourth-order valence-corrected chi connectivity index (χ4v) is 5.32. The van der Waals surface area contributed by atoms with Crippen molar-refractivity contribution in [2.24, 2.45) is 5.73 Å². The number of hydrogen-bond donors (Lipinski definition) is 10. The van der Waals surface area contributed by atoms with Gasteiger partial charge in [0.25, 0.3) is 0 Å². The SMILES string of the molecule is CC(=O)NCC(=O)N[C@H]1CCC(=O)NCCCC[C@@H](C(=O)NCC(N)=O)NC(=O)CNC(=O)[C@@H](Cc2ccccc2)NC(=O)[C@H](Cc2cnc[nH]2)NC1=O. The zero-order chi connectivity index (χ0) is 39.5. The van der Waals surface area contributed by atoms with Crippen molar-refractivity contribution in [3.8, 4) is 0 Å². The van der Waals surface area contributed by atoms with Crippen molar-refractivity contribution >= 4 is 53.2 Å². The molecule has 0 saturated carbocycles. The number of aromatic amines is 1. The lowest BCUT2D eigenvalue weighted by Gasteiger charge is -2.25. The molecule has 1 aromatic carbocycles. The number of hydrogen-bond acceptors (Lipinski definition) is 10. The van der Waals surface area contributed by atoms with E-state index in [1.165, 1.54) is 19.4 Å². The number of aromatic nitrogens is 2. The third-order valence-corrected chi connectivity index (χ3v) is 8.09. The number of carbonyl (C=O) groups is 9. The van der Waals surface area contributed by atoms with Gasteiger partial charge in [0.2, 0.25) is 53.2 Å². The molecule has 20 nitrogen and oxygen atoms in total. The van der Waals surface area contributed by atoms with Gasteiger partial charge in [-0.1, -0.05) is 30.3 Å². The predicted octanol–water partition coefficient (Wildman–Crippen LogP) is -3.93. The molecule has 4 atom stereocenters. The van der Waals surface area contributed by atoms with Gasteiger partial charge in [-0.05, 0) is 31.2 Å². The minimum absolute atomic E-state index is 0.0140. The van der Waals surface area contributed by atoms with Gasteiger partial charge < -0.3 is 53.3 Å². The Bertz CT molecular complexity index is 1640. The molecule has 0 radical (unpaired) electrons. The molecule has 2 heterocycles. The smallest absolute Gasteiger partial charge is 0.243 e. The zero-order valence-electron chi connectivity index (χ0n) is 29.8. The topological polar surface area (TPSA) is 305 Å². The summed E-state index contributed by atoms with van der Waals surface area (Å²) < 4.78 is 0. The summed E-state index contributed by atoms with van der Waals surface area (Å²) in [6.07, 6.45) is 3.09. The van der Waals surface area contributed by atoms with E-state index in [1.54, 1.807) is 30.3 Å². The van der Waals surface area contributed by atoms with Crippen LogP contribution in [0.1, 0.15) is 50.3 Å². The number of amides is 9. The molecular formula is C34H47N11O9. The van der Waals surface area contributed by atoms with Gasteiger partial charge in [0.15, 0.2) is 0 Å². The first-order valence-electron chi connectivity index (χ1n) is 17.4. The van der Waals surface area contributed by atoms with E-state index in [-0.39, 0.29) is 38.6 Å². The number of primary amides is 1. The van der Waals surface area contributed by atoms with Crippen LogP contribution in [0.25, 0.3) is 0 Å². The normalized spacial score (nSPS) is 21.0. The summed E-state index contributed by atoms with van der Waals surface area (Å²) in [5.41, 5.74) is 6.25. The molecule has 0 bridgehead atoms. The fourth-order valence-electron chi connectivity index (χ4n) is 5.32. The fraction of sp³-hybridized carbons (Fsp3) is 0.471. The minimum atomic E-state index is -1.33. The van der Waals surface area contributed by atoms with E-state index in [2.05, 4.69) is 52.5 Å². The summed E-state index contributed by atoms with van der Waals surface area (Å²) in [6.45, 7) is -0.113. The Balaban J connectivity index is 1.92. The molecule has 9 amide bonds. The standard InChI is InChI=1S/C34H47N11O9/c1-20(46)38-17-29(49)43-24-10-11-28(48)37-12-6-5-9-23(31(51)39-16-27(35)47)42-30(50)18-40-32(52)25(13-21-7-3-2-4-8-21)44-34(54)26(45-33(24)53)14-22-15-36-19-41-22/h2-4,7-8,15,19,23-26H,5-6,9-14,16-18H2,1H3,(H2,35,47)(H,36,41)(H,37,48)(H,38,46)(H,39,51)(H,40,52)(H,42,50)(H,43,49)(H,44,54)(H,45,53)/t23-,24-,25+,26-/m0/s1. The first-order chi connectivity index (χ1) is 25.8. The van der Waals surface area contributed by atoms with Crippen molar-refractivity contribution in [2.45, 2.75) is 76.0 Å². The second-order valence-corrected chi connectivity index (χ2v) is 12.5. The number of rotatable bonds is 10. The van der Waals surface area contributed by atoms with Crippen LogP contribution in [0.4, 0.5) is 0 Å². The van der Waals surface area contributed by atoms with E-state index in [0.717, 1.165) is 0 Å². The second-order valence-electron chi connectivity index (χ2n) is 12.5. The molecule has 0 spiro atoms. The monoisotopic (exact) mass is 753 g/mol. The van der Waals surface area contributed by atoms with Crippen LogP contribution >= 0.6 is 0 Å². The highest BCUT2D eigenvalue weighted by Gasteiger charge is 2.31. The van der Waals surface area contributed by atoms with Crippen LogP contribution in [-0.2, 0) is 56.0 Å². The maximum Gasteiger partial charge on any atom is 0.243 e. The van der Waals surface area contributed by atoms with Crippen molar-refractivity contribution in [3.63, 3.8) is 0 Å². The maximum atomic E-state index is 13.9. The van der Waals surface area contributed by atoms with E-state index in [9.17, 15) is 43.2 Å². The molecule has 20 heteroatoms. The first-order valence-corrected chi connectivity index (χ1v) is 17.4. The van der Waals surface area contributed by atoms with Gasteiger partial charge in [-0.2, -0.15) is 0 Å². The highest BCUT2D eigenvalue weighted by Crippen LogP contribution is 2.08. The number of benzene rings is 1. The quantitative estimate of drug-likeness (QED) is 0.112. The lowest BCUT2D eigenvalue weighted by atomic mass is 10.0. The highest BCUT2D eigenvalue weighted by molar-refractivity contribution is 5.96. The van der Waals surface area contributed by atoms with Crippen LogP contribution in [0.5, 0.6) is 0 Å². The summed E-state index contributed by atoms with van der Waals surface area (Å²) in [7, 11) is 0. The molecule has 1 aliphatic rings. The Morgan fingerprint density at radius 1 is 0.815 bits per heavy atom. The van der Waals surface area contributed by atoms with Crippen LogP contribution in [0.15, 0.2) is 42.9 Å². The molecule has 54 heavy (non-hydrogen) atoms.